The Balaban J connectivity index is 4.76. The maximum Gasteiger partial charge on any atom is 0.408 e. The molecular weight excluding hydrogens is 278 g/mol. The van der Waals surface area contributed by atoms with Crippen LogP contribution in [-0.4, -0.2) is 60.4 Å². The highest BCUT2D eigenvalue weighted by molar-refractivity contribution is 7.90. The lowest BCUT2D eigenvalue weighted by atomic mass is 10.2. The Kier molecular flexibility index (Phi) is 5.76. The van der Waals surface area contributed by atoms with Crippen LogP contribution in [0.15, 0.2) is 0 Å². The Bertz CT molecular complexity index is 437. The summed E-state index contributed by atoms with van der Waals surface area (Å²) in [5.41, 5.74) is -0.838. The molecule has 3 N–H and O–H groups in total. The second-order valence-electron chi connectivity index (χ2n) is 5.12. The number of aliphatic carboxylic acids is 1. The first kappa shape index (κ1) is 17.6. The van der Waals surface area contributed by atoms with Crippen LogP contribution in [0.5, 0.6) is 0 Å². The fourth-order valence-electron chi connectivity index (χ4n) is 1.16. The average Bonchev–Trinajstić information content (AvgIpc) is 2.07. The SMILES string of the molecule is CC(C)(C)OC(=O)NC(C(=O)O)C(O)CS(C)(=O)=O. The second kappa shape index (κ2) is 6.20. The molecule has 0 aromatic carbocycles. The third-order valence-electron chi connectivity index (χ3n) is 1.80. The fourth-order valence-corrected chi connectivity index (χ4v) is 1.98. The van der Waals surface area contributed by atoms with Crippen LogP contribution in [-0.2, 0) is 19.4 Å². The molecule has 8 nitrogen and oxygen atoms in total. The van der Waals surface area contributed by atoms with Crippen LogP contribution in [0.2, 0.25) is 0 Å². The molecule has 1 amide bonds. The van der Waals surface area contributed by atoms with Crippen LogP contribution in [0.25, 0.3) is 0 Å². The van der Waals surface area contributed by atoms with E-state index >= 15 is 0 Å². The zero-order valence-corrected chi connectivity index (χ0v) is 12.0. The summed E-state index contributed by atoms with van der Waals surface area (Å²) in [5.74, 6) is -2.33. The quantitative estimate of drug-likeness (QED) is 0.616. The summed E-state index contributed by atoms with van der Waals surface area (Å²) < 4.78 is 26.8. The molecule has 0 aromatic heterocycles. The summed E-state index contributed by atoms with van der Waals surface area (Å²) in [6, 6.07) is -1.76. The van der Waals surface area contributed by atoms with Crippen LogP contribution in [0.1, 0.15) is 20.8 Å². The van der Waals surface area contributed by atoms with Crippen molar-refractivity contribution in [2.24, 2.45) is 0 Å². The van der Waals surface area contributed by atoms with Gasteiger partial charge in [-0.2, -0.15) is 0 Å². The maximum absolute atomic E-state index is 11.4. The third-order valence-corrected chi connectivity index (χ3v) is 2.74. The van der Waals surface area contributed by atoms with Crippen LogP contribution >= 0.6 is 0 Å². The Morgan fingerprint density at radius 1 is 1.32 bits per heavy atom. The molecule has 19 heavy (non-hydrogen) atoms. The highest BCUT2D eigenvalue weighted by atomic mass is 32.2. The topological polar surface area (TPSA) is 130 Å². The van der Waals surface area contributed by atoms with Crippen molar-refractivity contribution in [1.29, 1.82) is 0 Å². The van der Waals surface area contributed by atoms with Gasteiger partial charge in [-0.25, -0.2) is 18.0 Å². The first-order valence-corrected chi connectivity index (χ1v) is 7.46. The summed E-state index contributed by atoms with van der Waals surface area (Å²) in [7, 11) is -3.58. The summed E-state index contributed by atoms with van der Waals surface area (Å²) in [6.45, 7) is 4.74. The monoisotopic (exact) mass is 297 g/mol. The number of alkyl carbamates (subject to hydrolysis) is 1. The largest absolute Gasteiger partial charge is 0.480 e. The van der Waals surface area contributed by atoms with Gasteiger partial charge in [-0.1, -0.05) is 0 Å². The molecule has 0 heterocycles. The number of carboxylic acids is 1. The molecule has 0 aromatic rings. The van der Waals surface area contributed by atoms with E-state index in [1.54, 1.807) is 20.8 Å². The van der Waals surface area contributed by atoms with E-state index in [2.05, 4.69) is 0 Å². The van der Waals surface area contributed by atoms with Crippen molar-refractivity contribution in [3.05, 3.63) is 0 Å². The van der Waals surface area contributed by atoms with Gasteiger partial charge in [-0.05, 0) is 20.8 Å². The number of aliphatic hydroxyl groups excluding tert-OH is 1. The lowest BCUT2D eigenvalue weighted by Gasteiger charge is -2.24. The summed E-state index contributed by atoms with van der Waals surface area (Å²) in [4.78, 5) is 22.3. The van der Waals surface area contributed by atoms with Crippen molar-refractivity contribution in [2.45, 2.75) is 38.5 Å². The van der Waals surface area contributed by atoms with E-state index in [0.29, 0.717) is 0 Å². The Morgan fingerprint density at radius 3 is 2.11 bits per heavy atom. The third kappa shape index (κ3) is 8.38. The molecule has 2 atom stereocenters. The number of ether oxygens (including phenoxy) is 1. The molecule has 0 rings (SSSR count). The van der Waals surface area contributed by atoms with Crippen molar-refractivity contribution in [3.63, 3.8) is 0 Å². The molecule has 0 radical (unpaired) electrons. The van der Waals surface area contributed by atoms with Gasteiger partial charge in [-0.15, -0.1) is 0 Å². The van der Waals surface area contributed by atoms with E-state index in [-0.39, 0.29) is 0 Å². The molecule has 0 aliphatic rings. The zero-order valence-electron chi connectivity index (χ0n) is 11.2. The van der Waals surface area contributed by atoms with Crippen molar-refractivity contribution in [3.8, 4) is 0 Å². The van der Waals surface area contributed by atoms with Crippen molar-refractivity contribution in [2.75, 3.05) is 12.0 Å². The molecule has 0 saturated carbocycles. The van der Waals surface area contributed by atoms with Gasteiger partial charge in [0.05, 0.1) is 11.9 Å². The average molecular weight is 297 g/mol. The summed E-state index contributed by atoms with van der Waals surface area (Å²) in [6.07, 6.45) is -1.96. The lowest BCUT2D eigenvalue weighted by Crippen LogP contribution is -2.52. The van der Waals surface area contributed by atoms with Gasteiger partial charge in [-0.3, -0.25) is 0 Å². The van der Waals surface area contributed by atoms with Gasteiger partial charge in [0.2, 0.25) is 0 Å². The second-order valence-corrected chi connectivity index (χ2v) is 7.31. The summed E-state index contributed by atoms with van der Waals surface area (Å²) in [5, 5.41) is 20.3. The van der Waals surface area contributed by atoms with Crippen molar-refractivity contribution in [1.82, 2.24) is 5.32 Å². The van der Waals surface area contributed by atoms with Crippen LogP contribution in [0.4, 0.5) is 4.79 Å². The normalized spacial score (nSPS) is 15.4. The number of carboxylic acid groups (broad SMARTS) is 1. The number of carbonyl (C=O) groups excluding carboxylic acids is 1. The number of carbonyl (C=O) groups is 2. The predicted octanol–water partition coefficient (Wildman–Crippen LogP) is -0.630. The molecular formula is C10H19NO7S. The smallest absolute Gasteiger partial charge is 0.408 e. The minimum absolute atomic E-state index is 0.778. The number of hydrogen-bond acceptors (Lipinski definition) is 6. The van der Waals surface area contributed by atoms with Gasteiger partial charge >= 0.3 is 12.1 Å². The van der Waals surface area contributed by atoms with Crippen LogP contribution in [0, 0.1) is 0 Å². The van der Waals surface area contributed by atoms with E-state index in [1.165, 1.54) is 0 Å². The van der Waals surface area contributed by atoms with E-state index < -0.39 is 45.4 Å². The van der Waals surface area contributed by atoms with Crippen LogP contribution < -0.4 is 5.32 Å². The van der Waals surface area contributed by atoms with Gasteiger partial charge in [0.1, 0.15) is 15.4 Å². The number of nitrogens with one attached hydrogen (secondary N) is 1. The van der Waals surface area contributed by atoms with Crippen molar-refractivity contribution >= 4 is 21.9 Å². The molecule has 9 heteroatoms. The molecule has 0 bridgehead atoms. The van der Waals surface area contributed by atoms with Gasteiger partial charge in [0, 0.05) is 6.26 Å². The van der Waals surface area contributed by atoms with E-state index in [1.807, 2.05) is 5.32 Å². The summed E-state index contributed by atoms with van der Waals surface area (Å²) >= 11 is 0. The van der Waals surface area contributed by atoms with E-state index in [0.717, 1.165) is 6.26 Å². The molecule has 0 spiro atoms. The number of aliphatic hydroxyl groups is 1. The first-order chi connectivity index (χ1) is 8.32. The number of hydrogen-bond donors (Lipinski definition) is 3. The van der Waals surface area contributed by atoms with Gasteiger partial charge in [0.15, 0.2) is 6.04 Å². The zero-order chi connectivity index (χ0) is 15.4. The van der Waals surface area contributed by atoms with E-state index in [9.17, 15) is 23.1 Å². The minimum Gasteiger partial charge on any atom is -0.480 e. The van der Waals surface area contributed by atoms with Gasteiger partial charge in [0.25, 0.3) is 0 Å². The highest BCUT2D eigenvalue weighted by Crippen LogP contribution is 2.08. The highest BCUT2D eigenvalue weighted by Gasteiger charge is 2.32. The number of amides is 1. The molecule has 0 aliphatic carbocycles. The molecule has 112 valence electrons. The fraction of sp³-hybridized carbons (Fsp3) is 0.800. The van der Waals surface area contributed by atoms with Crippen LogP contribution in [0.3, 0.4) is 0 Å². The number of sulfone groups is 1. The van der Waals surface area contributed by atoms with Crippen molar-refractivity contribution < 1.29 is 33.0 Å². The predicted molar refractivity (Wildman–Crippen MR) is 66.5 cm³/mol. The Labute approximate surface area is 111 Å². The molecule has 0 saturated heterocycles. The Hall–Kier alpha value is -1.35. The Morgan fingerprint density at radius 2 is 1.79 bits per heavy atom. The van der Waals surface area contributed by atoms with Gasteiger partial charge < -0.3 is 20.3 Å². The standard InChI is InChI=1S/C10H19NO7S/c1-10(2,3)18-9(15)11-7(8(13)14)6(12)5-19(4,16)17/h6-7,12H,5H2,1-4H3,(H,11,15)(H,13,14). The van der Waals surface area contributed by atoms with E-state index in [4.69, 9.17) is 9.84 Å². The maximum atomic E-state index is 11.4. The number of rotatable bonds is 5. The first-order valence-electron chi connectivity index (χ1n) is 5.40. The molecule has 0 fully saturated rings. The lowest BCUT2D eigenvalue weighted by molar-refractivity contribution is -0.142. The molecule has 0 aliphatic heterocycles. The molecule has 2 unspecified atom stereocenters. The minimum atomic E-state index is -3.58.